The molecule has 2 aliphatic rings. The summed E-state index contributed by atoms with van der Waals surface area (Å²) in [6, 6.07) is 8.54. The van der Waals surface area contributed by atoms with Crippen molar-refractivity contribution in [3.05, 3.63) is 35.4 Å². The Morgan fingerprint density at radius 2 is 1.91 bits per heavy atom. The summed E-state index contributed by atoms with van der Waals surface area (Å²) in [6.07, 6.45) is 2.91. The van der Waals surface area contributed by atoms with Crippen LogP contribution in [0.3, 0.4) is 0 Å². The van der Waals surface area contributed by atoms with E-state index in [9.17, 15) is 4.79 Å². The van der Waals surface area contributed by atoms with Crippen molar-refractivity contribution in [2.75, 3.05) is 13.1 Å². The smallest absolute Gasteiger partial charge is 0.408 e. The van der Waals surface area contributed by atoms with Crippen LogP contribution in [0.5, 0.6) is 0 Å². The molecule has 23 heavy (non-hydrogen) atoms. The highest BCUT2D eigenvalue weighted by Crippen LogP contribution is 2.51. The lowest BCUT2D eigenvalue weighted by Gasteiger charge is -2.40. The van der Waals surface area contributed by atoms with Crippen molar-refractivity contribution in [3.8, 4) is 0 Å². The fourth-order valence-corrected chi connectivity index (χ4v) is 3.83. The number of hydrogen-bond donors (Lipinski definition) is 2. The summed E-state index contributed by atoms with van der Waals surface area (Å²) in [5, 5.41) is 6.59. The molecule has 1 fully saturated rings. The average molecular weight is 339 g/mol. The van der Waals surface area contributed by atoms with Gasteiger partial charge in [-0.2, -0.15) is 0 Å². The van der Waals surface area contributed by atoms with Crippen molar-refractivity contribution >= 4 is 18.5 Å². The molecule has 1 aromatic rings. The number of amides is 1. The van der Waals surface area contributed by atoms with Gasteiger partial charge in [-0.1, -0.05) is 24.3 Å². The molecule has 1 atom stereocenters. The van der Waals surface area contributed by atoms with Gasteiger partial charge >= 0.3 is 6.09 Å². The molecular weight excluding hydrogens is 312 g/mol. The van der Waals surface area contributed by atoms with Crippen molar-refractivity contribution < 1.29 is 9.53 Å². The molecule has 1 unspecified atom stereocenters. The van der Waals surface area contributed by atoms with Gasteiger partial charge in [-0.25, -0.2) is 4.79 Å². The molecule has 1 aromatic carbocycles. The highest BCUT2D eigenvalue weighted by Gasteiger charge is 2.47. The topological polar surface area (TPSA) is 50.4 Å². The summed E-state index contributed by atoms with van der Waals surface area (Å²) in [6.45, 7) is 7.72. The Morgan fingerprint density at radius 3 is 2.57 bits per heavy atom. The van der Waals surface area contributed by atoms with Crippen molar-refractivity contribution in [1.29, 1.82) is 0 Å². The molecule has 0 radical (unpaired) electrons. The normalized spacial score (nSPS) is 22.1. The maximum atomic E-state index is 12.3. The molecule has 2 N–H and O–H groups in total. The first kappa shape index (κ1) is 18.1. The highest BCUT2D eigenvalue weighted by molar-refractivity contribution is 5.85. The fraction of sp³-hybridized carbons (Fsp3) is 0.611. The van der Waals surface area contributed by atoms with Gasteiger partial charge in [0.15, 0.2) is 0 Å². The first-order chi connectivity index (χ1) is 10.4. The Balaban J connectivity index is 0.00000192. The predicted octanol–water partition coefficient (Wildman–Crippen LogP) is 3.60. The number of hydrogen-bond acceptors (Lipinski definition) is 3. The minimum Gasteiger partial charge on any atom is -0.444 e. The molecule has 0 saturated carbocycles. The number of alkyl carbamates (subject to hydrolysis) is 1. The van der Waals surface area contributed by atoms with Gasteiger partial charge in [0.1, 0.15) is 5.60 Å². The van der Waals surface area contributed by atoms with Crippen molar-refractivity contribution in [1.82, 2.24) is 10.6 Å². The third-order valence-electron chi connectivity index (χ3n) is 4.78. The van der Waals surface area contributed by atoms with Crippen LogP contribution in [0.1, 0.15) is 50.8 Å². The van der Waals surface area contributed by atoms with Gasteiger partial charge in [-0.05, 0) is 64.3 Å². The second kappa shape index (κ2) is 6.70. The van der Waals surface area contributed by atoms with Crippen LogP contribution in [0, 0.1) is 5.41 Å². The molecule has 1 aliphatic carbocycles. The number of ether oxygens (including phenoxy) is 1. The number of benzene rings is 1. The van der Waals surface area contributed by atoms with Crippen molar-refractivity contribution in [2.24, 2.45) is 5.41 Å². The van der Waals surface area contributed by atoms with Crippen LogP contribution in [0.4, 0.5) is 4.79 Å². The minimum atomic E-state index is -0.469. The van der Waals surface area contributed by atoms with E-state index in [1.165, 1.54) is 11.1 Å². The summed E-state index contributed by atoms with van der Waals surface area (Å²) >= 11 is 0. The lowest BCUT2D eigenvalue weighted by molar-refractivity contribution is 0.0421. The molecule has 1 amide bonds. The highest BCUT2D eigenvalue weighted by atomic mass is 35.5. The number of carbonyl (C=O) groups excluding carboxylic acids is 1. The van der Waals surface area contributed by atoms with Crippen molar-refractivity contribution in [2.45, 2.75) is 51.7 Å². The largest absolute Gasteiger partial charge is 0.444 e. The number of rotatable bonds is 1. The van der Waals surface area contributed by atoms with Gasteiger partial charge in [-0.15, -0.1) is 12.4 Å². The Hall–Kier alpha value is -1.26. The number of piperidine rings is 1. The van der Waals surface area contributed by atoms with E-state index in [0.717, 1.165) is 32.4 Å². The van der Waals surface area contributed by atoms with Crippen LogP contribution in [-0.2, 0) is 11.2 Å². The molecule has 1 saturated heterocycles. The van der Waals surface area contributed by atoms with Gasteiger partial charge in [0.25, 0.3) is 0 Å². The van der Waals surface area contributed by atoms with E-state index < -0.39 is 5.60 Å². The molecule has 5 heteroatoms. The van der Waals surface area contributed by atoms with Crippen LogP contribution in [0.15, 0.2) is 24.3 Å². The Labute approximate surface area is 144 Å². The lowest BCUT2D eigenvalue weighted by Crippen LogP contribution is -2.46. The molecule has 0 bridgehead atoms. The Morgan fingerprint density at radius 1 is 1.26 bits per heavy atom. The summed E-state index contributed by atoms with van der Waals surface area (Å²) in [5.74, 6) is 0. The van der Waals surface area contributed by atoms with E-state index in [1.807, 2.05) is 20.8 Å². The summed E-state index contributed by atoms with van der Waals surface area (Å²) in [4.78, 5) is 12.3. The SMILES string of the molecule is CC(C)(C)OC(=O)NC1c2ccccc2CC12CCNCC2.Cl. The molecule has 0 aromatic heterocycles. The maximum Gasteiger partial charge on any atom is 0.408 e. The summed E-state index contributed by atoms with van der Waals surface area (Å²) in [7, 11) is 0. The third-order valence-corrected chi connectivity index (χ3v) is 4.78. The molecular formula is C18H27ClN2O2. The monoisotopic (exact) mass is 338 g/mol. The number of fused-ring (bicyclic) bond motifs is 1. The predicted molar refractivity (Wildman–Crippen MR) is 94.0 cm³/mol. The first-order valence-electron chi connectivity index (χ1n) is 8.18. The van der Waals surface area contributed by atoms with Crippen LogP contribution in [0.25, 0.3) is 0 Å². The summed E-state index contributed by atoms with van der Waals surface area (Å²) in [5.41, 5.74) is 2.29. The van der Waals surface area contributed by atoms with E-state index >= 15 is 0 Å². The zero-order valence-corrected chi connectivity index (χ0v) is 15.0. The van der Waals surface area contributed by atoms with Crippen molar-refractivity contribution in [3.63, 3.8) is 0 Å². The first-order valence-corrected chi connectivity index (χ1v) is 8.18. The molecule has 1 heterocycles. The Kier molecular flexibility index (Phi) is 5.27. The quantitative estimate of drug-likeness (QED) is 0.822. The standard InChI is InChI=1S/C18H26N2O2.ClH/c1-17(2,3)22-16(21)20-15-14-7-5-4-6-13(14)12-18(15)8-10-19-11-9-18;/h4-7,15,19H,8-12H2,1-3H3,(H,20,21);1H. The fourth-order valence-electron chi connectivity index (χ4n) is 3.83. The van der Waals surface area contributed by atoms with Gasteiger partial charge in [0.05, 0.1) is 6.04 Å². The molecule has 1 spiro atoms. The molecule has 4 nitrogen and oxygen atoms in total. The second-order valence-corrected chi connectivity index (χ2v) is 7.57. The number of carbonyl (C=O) groups is 1. The summed E-state index contributed by atoms with van der Waals surface area (Å²) < 4.78 is 5.48. The van der Waals surface area contributed by atoms with E-state index in [0.29, 0.717) is 0 Å². The van der Waals surface area contributed by atoms with Crippen LogP contribution in [-0.4, -0.2) is 24.8 Å². The van der Waals surface area contributed by atoms with Gasteiger partial charge in [-0.3, -0.25) is 0 Å². The second-order valence-electron chi connectivity index (χ2n) is 7.57. The zero-order chi connectivity index (χ0) is 15.8. The van der Waals surface area contributed by atoms with Crippen LogP contribution in [0.2, 0.25) is 0 Å². The number of nitrogens with one attached hydrogen (secondary N) is 2. The molecule has 1 aliphatic heterocycles. The third kappa shape index (κ3) is 3.81. The van der Waals surface area contributed by atoms with Crippen LogP contribution < -0.4 is 10.6 Å². The maximum absolute atomic E-state index is 12.3. The molecule has 3 rings (SSSR count). The van der Waals surface area contributed by atoms with E-state index in [4.69, 9.17) is 4.74 Å². The van der Waals surface area contributed by atoms with Gasteiger partial charge in [0, 0.05) is 5.41 Å². The number of halogens is 1. The molecule has 128 valence electrons. The average Bonchev–Trinajstić information content (AvgIpc) is 2.72. The van der Waals surface area contributed by atoms with Gasteiger partial charge in [0.2, 0.25) is 0 Å². The Bertz CT molecular complexity index is 562. The van der Waals surface area contributed by atoms with E-state index in [2.05, 4.69) is 34.9 Å². The minimum absolute atomic E-state index is 0. The van der Waals surface area contributed by atoms with E-state index in [1.54, 1.807) is 0 Å². The van der Waals surface area contributed by atoms with E-state index in [-0.39, 0.29) is 30.0 Å². The lowest BCUT2D eigenvalue weighted by atomic mass is 9.73. The van der Waals surface area contributed by atoms with Gasteiger partial charge < -0.3 is 15.4 Å². The van der Waals surface area contributed by atoms with Crippen LogP contribution >= 0.6 is 12.4 Å². The zero-order valence-electron chi connectivity index (χ0n) is 14.1.